The number of aliphatic carboxylic acids is 1. The largest absolute Gasteiger partial charge is 0.481 e. The minimum atomic E-state index is -0.711. The van der Waals surface area contributed by atoms with Gasteiger partial charge in [-0.25, -0.2) is 0 Å². The van der Waals surface area contributed by atoms with Crippen LogP contribution in [0.1, 0.15) is 30.1 Å². The average molecular weight is 354 g/mol. The van der Waals surface area contributed by atoms with E-state index in [1.165, 1.54) is 0 Å². The van der Waals surface area contributed by atoms with Crippen LogP contribution in [0, 0.1) is 5.92 Å². The van der Waals surface area contributed by atoms with E-state index in [2.05, 4.69) is 9.88 Å². The number of carbonyl (C=O) groups is 1. The van der Waals surface area contributed by atoms with Crippen molar-refractivity contribution in [1.82, 2.24) is 9.88 Å². The second-order valence-corrected chi connectivity index (χ2v) is 6.83. The molecule has 1 fully saturated rings. The molecule has 3 heterocycles. The van der Waals surface area contributed by atoms with Gasteiger partial charge in [0, 0.05) is 30.9 Å². The second-order valence-electron chi connectivity index (χ2n) is 6.83. The summed E-state index contributed by atoms with van der Waals surface area (Å²) in [5.41, 5.74) is 2.10. The van der Waals surface area contributed by atoms with Gasteiger partial charge in [-0.15, -0.1) is 0 Å². The fourth-order valence-corrected chi connectivity index (χ4v) is 3.79. The fourth-order valence-electron chi connectivity index (χ4n) is 3.79. The summed E-state index contributed by atoms with van der Waals surface area (Å²) in [5.74, 6) is 0.480. The molecule has 0 spiro atoms. The molecule has 2 aromatic rings. The van der Waals surface area contributed by atoms with E-state index in [9.17, 15) is 9.90 Å². The van der Waals surface area contributed by atoms with Crippen molar-refractivity contribution in [2.75, 3.05) is 19.9 Å². The van der Waals surface area contributed by atoms with Gasteiger partial charge in [0.1, 0.15) is 0 Å². The van der Waals surface area contributed by atoms with Gasteiger partial charge in [-0.3, -0.25) is 14.7 Å². The number of nitrogens with zero attached hydrogens (tertiary/aromatic N) is 2. The van der Waals surface area contributed by atoms with E-state index >= 15 is 0 Å². The lowest BCUT2D eigenvalue weighted by atomic mass is 9.92. The Balaban J connectivity index is 1.64. The first kappa shape index (κ1) is 16.8. The van der Waals surface area contributed by atoms with E-state index in [-0.39, 0.29) is 18.8 Å². The lowest BCUT2D eigenvalue weighted by molar-refractivity contribution is -0.144. The van der Waals surface area contributed by atoms with Crippen molar-refractivity contribution in [3.8, 4) is 11.5 Å². The molecule has 6 heteroatoms. The highest BCUT2D eigenvalue weighted by Crippen LogP contribution is 2.37. The van der Waals surface area contributed by atoms with E-state index in [4.69, 9.17) is 9.47 Å². The van der Waals surface area contributed by atoms with Crippen LogP contribution >= 0.6 is 0 Å². The van der Waals surface area contributed by atoms with Crippen molar-refractivity contribution >= 4 is 5.97 Å². The van der Waals surface area contributed by atoms with Gasteiger partial charge in [-0.05, 0) is 49.2 Å². The first-order chi connectivity index (χ1) is 12.7. The first-order valence-corrected chi connectivity index (χ1v) is 8.97. The van der Waals surface area contributed by atoms with Gasteiger partial charge < -0.3 is 14.6 Å². The SMILES string of the molecule is O=C(O)C1CCCN(C(Cc2ccccn2)c2ccc3c(c2)OCO3)C1. The Kier molecular flexibility index (Phi) is 4.75. The summed E-state index contributed by atoms with van der Waals surface area (Å²) < 4.78 is 11.0. The number of piperidine rings is 1. The van der Waals surface area contributed by atoms with Crippen molar-refractivity contribution < 1.29 is 19.4 Å². The Bertz CT molecular complexity index is 781. The van der Waals surface area contributed by atoms with Gasteiger partial charge in [0.25, 0.3) is 0 Å². The Morgan fingerprint density at radius 2 is 2.15 bits per heavy atom. The number of ether oxygens (including phenoxy) is 2. The van der Waals surface area contributed by atoms with Crippen molar-refractivity contribution in [2.24, 2.45) is 5.92 Å². The van der Waals surface area contributed by atoms with Crippen LogP contribution < -0.4 is 9.47 Å². The molecule has 0 radical (unpaired) electrons. The van der Waals surface area contributed by atoms with Crippen LogP contribution in [0.4, 0.5) is 0 Å². The Morgan fingerprint density at radius 3 is 2.96 bits per heavy atom. The quantitative estimate of drug-likeness (QED) is 0.890. The van der Waals surface area contributed by atoms with Crippen molar-refractivity contribution in [1.29, 1.82) is 0 Å². The third kappa shape index (κ3) is 3.51. The lowest BCUT2D eigenvalue weighted by Crippen LogP contribution is -2.41. The third-order valence-corrected chi connectivity index (χ3v) is 5.15. The zero-order chi connectivity index (χ0) is 17.9. The monoisotopic (exact) mass is 354 g/mol. The predicted octanol–water partition coefficient (Wildman–Crippen LogP) is 2.89. The normalized spacial score (nSPS) is 20.7. The molecule has 4 rings (SSSR count). The molecule has 0 amide bonds. The molecular formula is C20H22N2O4. The zero-order valence-electron chi connectivity index (χ0n) is 14.5. The summed E-state index contributed by atoms with van der Waals surface area (Å²) in [6.07, 6.45) is 4.15. The first-order valence-electron chi connectivity index (χ1n) is 8.97. The van der Waals surface area contributed by atoms with E-state index in [1.54, 1.807) is 6.20 Å². The number of likely N-dealkylation sites (tertiary alicyclic amines) is 1. The number of hydrogen-bond acceptors (Lipinski definition) is 5. The summed E-state index contributed by atoms with van der Waals surface area (Å²) in [5, 5.41) is 9.45. The van der Waals surface area contributed by atoms with Crippen LogP contribution in [0.15, 0.2) is 42.6 Å². The van der Waals surface area contributed by atoms with Crippen molar-refractivity contribution in [3.05, 3.63) is 53.9 Å². The smallest absolute Gasteiger partial charge is 0.307 e. The molecule has 2 aliphatic heterocycles. The molecule has 0 saturated carbocycles. The van der Waals surface area contributed by atoms with Gasteiger partial charge in [0.2, 0.25) is 6.79 Å². The summed E-state index contributed by atoms with van der Waals surface area (Å²) in [6, 6.07) is 11.9. The molecule has 26 heavy (non-hydrogen) atoms. The predicted molar refractivity (Wildman–Crippen MR) is 95.2 cm³/mol. The molecule has 1 aromatic carbocycles. The second kappa shape index (κ2) is 7.33. The van der Waals surface area contributed by atoms with Crippen LogP contribution in [-0.4, -0.2) is 40.8 Å². The molecule has 6 nitrogen and oxygen atoms in total. The highest BCUT2D eigenvalue weighted by atomic mass is 16.7. The summed E-state index contributed by atoms with van der Waals surface area (Å²) in [7, 11) is 0. The van der Waals surface area contributed by atoms with Crippen molar-refractivity contribution in [3.63, 3.8) is 0 Å². The number of carboxylic acids is 1. The molecular weight excluding hydrogens is 332 g/mol. The van der Waals surface area contributed by atoms with Gasteiger partial charge in [-0.2, -0.15) is 0 Å². The molecule has 0 aliphatic carbocycles. The number of rotatable bonds is 5. The maximum Gasteiger partial charge on any atom is 0.307 e. The number of fused-ring (bicyclic) bond motifs is 1. The minimum Gasteiger partial charge on any atom is -0.481 e. The van der Waals surface area contributed by atoms with Crippen molar-refractivity contribution in [2.45, 2.75) is 25.3 Å². The standard InChI is InChI=1S/C20H22N2O4/c23-20(24)15-4-3-9-22(12-15)17(11-16-5-1-2-8-21-16)14-6-7-18-19(10-14)26-13-25-18/h1-2,5-8,10,15,17H,3-4,9,11-13H2,(H,23,24). The van der Waals surface area contributed by atoms with Gasteiger partial charge in [0.15, 0.2) is 11.5 Å². The number of benzene rings is 1. The Hall–Kier alpha value is -2.60. The molecule has 1 N–H and O–H groups in total. The number of carboxylic acid groups (broad SMARTS) is 1. The molecule has 2 atom stereocenters. The zero-order valence-corrected chi connectivity index (χ0v) is 14.5. The maximum atomic E-state index is 11.5. The molecule has 1 aromatic heterocycles. The lowest BCUT2D eigenvalue weighted by Gasteiger charge is -2.37. The Labute approximate surface area is 152 Å². The van der Waals surface area contributed by atoms with E-state index in [1.807, 2.05) is 36.4 Å². The molecule has 2 unspecified atom stereocenters. The van der Waals surface area contributed by atoms with Crippen LogP contribution in [0.5, 0.6) is 11.5 Å². The van der Waals surface area contributed by atoms with Crippen LogP contribution in [-0.2, 0) is 11.2 Å². The minimum absolute atomic E-state index is 0.0570. The topological polar surface area (TPSA) is 71.9 Å². The summed E-state index contributed by atoms with van der Waals surface area (Å²) in [6.45, 7) is 1.69. The average Bonchev–Trinajstić information content (AvgIpc) is 3.15. The molecule has 136 valence electrons. The van der Waals surface area contributed by atoms with Crippen LogP contribution in [0.25, 0.3) is 0 Å². The van der Waals surface area contributed by atoms with Crippen LogP contribution in [0.2, 0.25) is 0 Å². The molecule has 2 aliphatic rings. The van der Waals surface area contributed by atoms with Crippen LogP contribution in [0.3, 0.4) is 0 Å². The fraction of sp³-hybridized carbons (Fsp3) is 0.400. The van der Waals surface area contributed by atoms with Gasteiger partial charge >= 0.3 is 5.97 Å². The third-order valence-electron chi connectivity index (χ3n) is 5.15. The number of hydrogen-bond donors (Lipinski definition) is 1. The molecule has 0 bridgehead atoms. The summed E-state index contributed by atoms with van der Waals surface area (Å²) >= 11 is 0. The van der Waals surface area contributed by atoms with Gasteiger partial charge in [-0.1, -0.05) is 12.1 Å². The number of aromatic nitrogens is 1. The van der Waals surface area contributed by atoms with Gasteiger partial charge in [0.05, 0.1) is 5.92 Å². The van der Waals surface area contributed by atoms with E-state index in [0.29, 0.717) is 6.54 Å². The molecule has 1 saturated heterocycles. The van der Waals surface area contributed by atoms with E-state index < -0.39 is 5.97 Å². The summed E-state index contributed by atoms with van der Waals surface area (Å²) in [4.78, 5) is 18.2. The highest BCUT2D eigenvalue weighted by molar-refractivity contribution is 5.70. The maximum absolute atomic E-state index is 11.5. The number of pyridine rings is 1. The Morgan fingerprint density at radius 1 is 1.27 bits per heavy atom. The highest BCUT2D eigenvalue weighted by Gasteiger charge is 2.31. The van der Waals surface area contributed by atoms with E-state index in [0.717, 1.165) is 48.6 Å².